The number of hydrogen-bond donors (Lipinski definition) is 0. The molecule has 3 heterocycles. The standard InChI is InChI=1S/C24H25N3O5S/c1-3-27-23(28)22(13-16-12-20-21(32-15-31-20)14-19(16)29-2)33-24(27)25-17-4-6-18(7-5-17)26-8-10-30-11-9-26/h4-7,12-14H,3,8-11,15H2,1-2H3/b22-13+,25-24?. The SMILES string of the molecule is CCN1C(=O)/C(=C\c2cc3c(cc2OC)OCO3)SC1=Nc1ccc(N2CCOCC2)cc1. The van der Waals surface area contributed by atoms with Crippen LogP contribution in [0.5, 0.6) is 17.2 Å². The number of benzene rings is 2. The van der Waals surface area contributed by atoms with Gasteiger partial charge in [-0.15, -0.1) is 0 Å². The van der Waals surface area contributed by atoms with E-state index in [1.807, 2.05) is 31.2 Å². The fraction of sp³-hybridized carbons (Fsp3) is 0.333. The molecular formula is C24H25N3O5S. The van der Waals surface area contributed by atoms with E-state index in [4.69, 9.17) is 23.9 Å². The normalized spacial score (nSPS) is 20.2. The van der Waals surface area contributed by atoms with Gasteiger partial charge < -0.3 is 23.8 Å². The van der Waals surface area contributed by atoms with E-state index in [-0.39, 0.29) is 12.7 Å². The molecule has 1 amide bonds. The maximum Gasteiger partial charge on any atom is 0.266 e. The second kappa shape index (κ2) is 9.36. The maximum atomic E-state index is 13.1. The van der Waals surface area contributed by atoms with Crippen molar-refractivity contribution in [3.63, 3.8) is 0 Å². The fourth-order valence-electron chi connectivity index (χ4n) is 3.91. The summed E-state index contributed by atoms with van der Waals surface area (Å²) in [6.45, 7) is 5.93. The molecule has 0 atom stereocenters. The molecule has 2 saturated heterocycles. The van der Waals surface area contributed by atoms with Crippen LogP contribution in [-0.4, -0.2) is 62.7 Å². The summed E-state index contributed by atoms with van der Waals surface area (Å²) >= 11 is 1.36. The van der Waals surface area contributed by atoms with E-state index in [0.29, 0.717) is 33.9 Å². The second-order valence-corrected chi connectivity index (χ2v) is 8.63. The topological polar surface area (TPSA) is 72.8 Å². The van der Waals surface area contributed by atoms with E-state index in [2.05, 4.69) is 17.0 Å². The van der Waals surface area contributed by atoms with E-state index in [9.17, 15) is 4.79 Å². The molecule has 5 rings (SSSR count). The van der Waals surface area contributed by atoms with Crippen LogP contribution < -0.4 is 19.1 Å². The summed E-state index contributed by atoms with van der Waals surface area (Å²) in [5, 5.41) is 0.660. The average Bonchev–Trinajstić information content (AvgIpc) is 3.43. The van der Waals surface area contributed by atoms with Crippen LogP contribution in [0, 0.1) is 0 Å². The van der Waals surface area contributed by atoms with Gasteiger partial charge in [-0.2, -0.15) is 0 Å². The Morgan fingerprint density at radius 3 is 2.55 bits per heavy atom. The number of amides is 1. The Morgan fingerprint density at radius 2 is 1.85 bits per heavy atom. The van der Waals surface area contributed by atoms with Gasteiger partial charge in [-0.05, 0) is 55.1 Å². The van der Waals surface area contributed by atoms with Gasteiger partial charge >= 0.3 is 0 Å². The Labute approximate surface area is 196 Å². The molecule has 33 heavy (non-hydrogen) atoms. The predicted molar refractivity (Wildman–Crippen MR) is 129 cm³/mol. The molecule has 2 fully saturated rings. The molecule has 0 spiro atoms. The first-order valence-corrected chi connectivity index (χ1v) is 11.7. The quantitative estimate of drug-likeness (QED) is 0.618. The van der Waals surface area contributed by atoms with E-state index < -0.39 is 0 Å². The molecule has 172 valence electrons. The first-order valence-electron chi connectivity index (χ1n) is 10.9. The number of methoxy groups -OCH3 is 1. The Balaban J connectivity index is 1.40. The molecule has 2 aromatic rings. The third-order valence-electron chi connectivity index (χ3n) is 5.67. The smallest absolute Gasteiger partial charge is 0.266 e. The van der Waals surface area contributed by atoms with Crippen LogP contribution in [0.4, 0.5) is 11.4 Å². The van der Waals surface area contributed by atoms with Crippen LogP contribution in [0.2, 0.25) is 0 Å². The van der Waals surface area contributed by atoms with Gasteiger partial charge in [0.1, 0.15) is 5.75 Å². The van der Waals surface area contributed by atoms with Crippen LogP contribution in [0.25, 0.3) is 6.08 Å². The van der Waals surface area contributed by atoms with Crippen LogP contribution >= 0.6 is 11.8 Å². The number of ether oxygens (including phenoxy) is 4. The summed E-state index contributed by atoms with van der Waals surface area (Å²) in [6.07, 6.45) is 1.82. The van der Waals surface area contributed by atoms with E-state index in [1.165, 1.54) is 11.8 Å². The van der Waals surface area contributed by atoms with Gasteiger partial charge in [0, 0.05) is 37.0 Å². The molecule has 3 aliphatic heterocycles. The molecule has 9 heteroatoms. The lowest BCUT2D eigenvalue weighted by molar-refractivity contribution is -0.122. The number of morpholine rings is 1. The van der Waals surface area contributed by atoms with Crippen molar-refractivity contribution < 1.29 is 23.7 Å². The minimum Gasteiger partial charge on any atom is -0.496 e. The van der Waals surface area contributed by atoms with Crippen molar-refractivity contribution in [1.82, 2.24) is 4.90 Å². The van der Waals surface area contributed by atoms with Crippen LogP contribution in [0.1, 0.15) is 12.5 Å². The van der Waals surface area contributed by atoms with Crippen molar-refractivity contribution in [3.05, 3.63) is 46.9 Å². The van der Waals surface area contributed by atoms with Crippen molar-refractivity contribution in [2.75, 3.05) is 51.7 Å². The summed E-state index contributed by atoms with van der Waals surface area (Å²) in [4.78, 5) is 22.4. The van der Waals surface area contributed by atoms with Crippen LogP contribution in [0.15, 0.2) is 46.3 Å². The number of amidine groups is 1. The molecule has 0 unspecified atom stereocenters. The Morgan fingerprint density at radius 1 is 1.12 bits per heavy atom. The molecule has 0 radical (unpaired) electrons. The zero-order valence-electron chi connectivity index (χ0n) is 18.6. The van der Waals surface area contributed by atoms with Crippen molar-refractivity contribution in [2.45, 2.75) is 6.92 Å². The van der Waals surface area contributed by atoms with Crippen molar-refractivity contribution in [1.29, 1.82) is 0 Å². The van der Waals surface area contributed by atoms with Crippen LogP contribution in [0.3, 0.4) is 0 Å². The highest BCUT2D eigenvalue weighted by molar-refractivity contribution is 8.18. The number of aliphatic imine (C=N–C) groups is 1. The zero-order valence-corrected chi connectivity index (χ0v) is 19.4. The van der Waals surface area contributed by atoms with Crippen molar-refractivity contribution >= 4 is 40.3 Å². The Kier molecular flexibility index (Phi) is 6.15. The number of carbonyl (C=O) groups excluding carboxylic acids is 1. The highest BCUT2D eigenvalue weighted by atomic mass is 32.2. The van der Waals surface area contributed by atoms with E-state index in [1.54, 1.807) is 18.1 Å². The largest absolute Gasteiger partial charge is 0.496 e. The first kappa shape index (κ1) is 21.7. The van der Waals surface area contributed by atoms with Gasteiger partial charge in [0.25, 0.3) is 5.91 Å². The molecule has 3 aliphatic rings. The highest BCUT2D eigenvalue weighted by Gasteiger charge is 2.32. The maximum absolute atomic E-state index is 13.1. The number of likely N-dealkylation sites (N-methyl/N-ethyl adjacent to an activating group) is 1. The Hall–Kier alpha value is -3.17. The third-order valence-corrected chi connectivity index (χ3v) is 6.67. The fourth-order valence-corrected chi connectivity index (χ4v) is 4.96. The molecule has 0 bridgehead atoms. The summed E-state index contributed by atoms with van der Waals surface area (Å²) in [7, 11) is 1.59. The van der Waals surface area contributed by atoms with Gasteiger partial charge in [-0.3, -0.25) is 9.69 Å². The lowest BCUT2D eigenvalue weighted by Crippen LogP contribution is -2.36. The summed E-state index contributed by atoms with van der Waals surface area (Å²) in [5.74, 6) is 1.82. The number of anilines is 1. The molecule has 2 aromatic carbocycles. The van der Waals surface area contributed by atoms with Gasteiger partial charge in [0.15, 0.2) is 16.7 Å². The number of nitrogens with zero attached hydrogens (tertiary/aromatic N) is 3. The van der Waals surface area contributed by atoms with Gasteiger partial charge in [-0.1, -0.05) is 0 Å². The van der Waals surface area contributed by atoms with Gasteiger partial charge in [-0.25, -0.2) is 4.99 Å². The number of rotatable bonds is 5. The lowest BCUT2D eigenvalue weighted by atomic mass is 10.1. The number of thioether (sulfide) groups is 1. The predicted octanol–water partition coefficient (Wildman–Crippen LogP) is 3.88. The van der Waals surface area contributed by atoms with E-state index in [0.717, 1.165) is 43.2 Å². The minimum atomic E-state index is -0.0779. The minimum absolute atomic E-state index is 0.0779. The van der Waals surface area contributed by atoms with Crippen molar-refractivity contribution in [3.8, 4) is 17.2 Å². The average molecular weight is 468 g/mol. The number of hydrogen-bond acceptors (Lipinski definition) is 8. The molecule has 0 saturated carbocycles. The van der Waals surface area contributed by atoms with Crippen molar-refractivity contribution in [2.24, 2.45) is 4.99 Å². The van der Waals surface area contributed by atoms with E-state index >= 15 is 0 Å². The Bertz CT molecular complexity index is 1110. The highest BCUT2D eigenvalue weighted by Crippen LogP contribution is 2.41. The molecule has 0 aromatic heterocycles. The zero-order chi connectivity index (χ0) is 22.8. The van der Waals surface area contributed by atoms with Gasteiger partial charge in [0.05, 0.1) is 30.9 Å². The molecular weight excluding hydrogens is 442 g/mol. The monoisotopic (exact) mass is 467 g/mol. The number of carbonyl (C=O) groups is 1. The first-order chi connectivity index (χ1) is 16.2. The summed E-state index contributed by atoms with van der Waals surface area (Å²) < 4.78 is 21.8. The summed E-state index contributed by atoms with van der Waals surface area (Å²) in [6, 6.07) is 11.7. The lowest BCUT2D eigenvalue weighted by Gasteiger charge is -2.28. The molecule has 0 aliphatic carbocycles. The molecule has 8 nitrogen and oxygen atoms in total. The molecule has 0 N–H and O–H groups in total. The second-order valence-electron chi connectivity index (χ2n) is 7.62. The summed E-state index contributed by atoms with van der Waals surface area (Å²) in [5.41, 5.74) is 2.72. The number of fused-ring (bicyclic) bond motifs is 1. The van der Waals surface area contributed by atoms with Crippen LogP contribution in [-0.2, 0) is 9.53 Å². The van der Waals surface area contributed by atoms with Gasteiger partial charge in [0.2, 0.25) is 6.79 Å². The third kappa shape index (κ3) is 4.38.